The van der Waals surface area contributed by atoms with Gasteiger partial charge in [-0.3, -0.25) is 4.57 Å². The highest BCUT2D eigenvalue weighted by Gasteiger charge is 2.44. The second-order valence-corrected chi connectivity index (χ2v) is 10.5. The lowest BCUT2D eigenvalue weighted by atomic mass is 9.77. The van der Waals surface area contributed by atoms with E-state index >= 15 is 0 Å². The van der Waals surface area contributed by atoms with Crippen LogP contribution in [0, 0.1) is 0 Å². The number of aliphatic hydroxyl groups excluding tert-OH is 1. The molecule has 11 nitrogen and oxygen atoms in total. The number of benzene rings is 3. The third-order valence-electron chi connectivity index (χ3n) is 7.81. The van der Waals surface area contributed by atoms with Crippen molar-refractivity contribution in [3.8, 4) is 5.75 Å². The zero-order chi connectivity index (χ0) is 30.0. The number of rotatable bonds is 9. The van der Waals surface area contributed by atoms with Gasteiger partial charge in [0.25, 0.3) is 0 Å². The van der Waals surface area contributed by atoms with Crippen molar-refractivity contribution < 1.29 is 14.6 Å². The first-order valence-electron chi connectivity index (χ1n) is 13.8. The fourth-order valence-corrected chi connectivity index (χ4v) is 5.94. The molecule has 2 N–H and O–H groups in total. The molecule has 1 aliphatic rings. The SMILES string of the molecule is CC[C@H]1O[C@@H](n2cnc3c(Cl)nc(NC(c4ccccc4)(c4ccccc4)c4ccc(OC)cc4)nc32)[C@H](O)[C@@H]1N=[N+]=[N-]. The quantitative estimate of drug-likeness (QED) is 0.0674. The zero-order valence-corrected chi connectivity index (χ0v) is 24.2. The number of nitrogens with zero attached hydrogens (tertiary/aromatic N) is 7. The van der Waals surface area contributed by atoms with Crippen LogP contribution < -0.4 is 10.1 Å². The Labute approximate surface area is 252 Å². The van der Waals surface area contributed by atoms with E-state index in [1.54, 1.807) is 11.7 Å². The van der Waals surface area contributed by atoms with Gasteiger partial charge in [-0.2, -0.15) is 9.97 Å². The van der Waals surface area contributed by atoms with Crippen LogP contribution in [0.15, 0.2) is 96.4 Å². The number of nitrogens with one attached hydrogen (secondary N) is 1. The molecule has 3 heterocycles. The van der Waals surface area contributed by atoms with Gasteiger partial charge in [-0.1, -0.05) is 96.4 Å². The third-order valence-corrected chi connectivity index (χ3v) is 8.08. The minimum absolute atomic E-state index is 0.127. The number of azide groups is 1. The van der Waals surface area contributed by atoms with Gasteiger partial charge in [0, 0.05) is 4.91 Å². The predicted octanol–water partition coefficient (Wildman–Crippen LogP) is 6.24. The van der Waals surface area contributed by atoms with Crippen molar-refractivity contribution in [1.82, 2.24) is 19.5 Å². The maximum Gasteiger partial charge on any atom is 0.227 e. The Morgan fingerprint density at radius 3 is 2.23 bits per heavy atom. The lowest BCUT2D eigenvalue weighted by Crippen LogP contribution is -2.38. The van der Waals surface area contributed by atoms with E-state index in [1.165, 1.54) is 6.33 Å². The molecule has 4 atom stereocenters. The molecule has 0 spiro atoms. The topological polar surface area (TPSA) is 143 Å². The summed E-state index contributed by atoms with van der Waals surface area (Å²) in [6.45, 7) is 1.90. The minimum Gasteiger partial charge on any atom is -0.497 e. The van der Waals surface area contributed by atoms with Gasteiger partial charge in [0.15, 0.2) is 17.0 Å². The second-order valence-electron chi connectivity index (χ2n) is 10.2. The Morgan fingerprint density at radius 1 is 1.02 bits per heavy atom. The first-order valence-corrected chi connectivity index (χ1v) is 14.2. The summed E-state index contributed by atoms with van der Waals surface area (Å²) >= 11 is 6.71. The highest BCUT2D eigenvalue weighted by Crippen LogP contribution is 2.41. The van der Waals surface area contributed by atoms with Gasteiger partial charge in [-0.05, 0) is 40.8 Å². The van der Waals surface area contributed by atoms with E-state index in [9.17, 15) is 5.11 Å². The maximum atomic E-state index is 11.1. The van der Waals surface area contributed by atoms with Crippen molar-refractivity contribution in [2.75, 3.05) is 12.4 Å². The monoisotopic (exact) mass is 596 g/mol. The highest BCUT2D eigenvalue weighted by molar-refractivity contribution is 6.33. The number of aromatic nitrogens is 4. The van der Waals surface area contributed by atoms with Crippen LogP contribution in [0.2, 0.25) is 5.15 Å². The van der Waals surface area contributed by atoms with E-state index in [0.29, 0.717) is 17.6 Å². The molecule has 218 valence electrons. The molecule has 1 aliphatic heterocycles. The van der Waals surface area contributed by atoms with Crippen LogP contribution in [0.3, 0.4) is 0 Å². The molecular weight excluding hydrogens is 568 g/mol. The van der Waals surface area contributed by atoms with Gasteiger partial charge in [0.1, 0.15) is 22.9 Å². The first-order chi connectivity index (χ1) is 21.0. The Hall–Kier alpha value is -4.67. The molecule has 0 bridgehead atoms. The van der Waals surface area contributed by atoms with Gasteiger partial charge in [0.2, 0.25) is 5.95 Å². The molecule has 12 heteroatoms. The molecule has 6 rings (SSSR count). The van der Waals surface area contributed by atoms with Crippen LogP contribution in [-0.2, 0) is 10.3 Å². The molecule has 1 fully saturated rings. The van der Waals surface area contributed by atoms with Crippen molar-refractivity contribution >= 4 is 28.7 Å². The Morgan fingerprint density at radius 2 is 1.65 bits per heavy atom. The average Bonchev–Trinajstić information content (AvgIpc) is 3.61. The summed E-state index contributed by atoms with van der Waals surface area (Å²) < 4.78 is 13.2. The van der Waals surface area contributed by atoms with Crippen molar-refractivity contribution in [1.29, 1.82) is 0 Å². The molecule has 2 aromatic heterocycles. The van der Waals surface area contributed by atoms with Gasteiger partial charge < -0.3 is 19.9 Å². The first kappa shape index (κ1) is 28.4. The largest absolute Gasteiger partial charge is 0.497 e. The lowest BCUT2D eigenvalue weighted by Gasteiger charge is -2.37. The van der Waals surface area contributed by atoms with E-state index in [2.05, 4.69) is 25.3 Å². The second kappa shape index (κ2) is 11.9. The fraction of sp³-hybridized carbons (Fsp3) is 0.258. The number of anilines is 1. The summed E-state index contributed by atoms with van der Waals surface area (Å²) in [5.41, 5.74) is 11.6. The minimum atomic E-state index is -1.12. The lowest BCUT2D eigenvalue weighted by molar-refractivity contribution is -0.0355. The summed E-state index contributed by atoms with van der Waals surface area (Å²) in [6, 6.07) is 27.1. The van der Waals surface area contributed by atoms with Crippen LogP contribution in [-0.4, -0.2) is 50.0 Å². The number of imidazole rings is 1. The van der Waals surface area contributed by atoms with Crippen LogP contribution >= 0.6 is 11.6 Å². The Kier molecular flexibility index (Phi) is 7.88. The summed E-state index contributed by atoms with van der Waals surface area (Å²) in [5, 5.41) is 18.6. The summed E-state index contributed by atoms with van der Waals surface area (Å²) in [7, 11) is 1.63. The normalized spacial score (nSPS) is 20.1. The molecule has 0 amide bonds. The van der Waals surface area contributed by atoms with E-state index in [1.807, 2.05) is 91.9 Å². The predicted molar refractivity (Wildman–Crippen MR) is 163 cm³/mol. The maximum absolute atomic E-state index is 11.1. The van der Waals surface area contributed by atoms with Crippen LogP contribution in [0.1, 0.15) is 36.3 Å². The van der Waals surface area contributed by atoms with E-state index < -0.39 is 30.0 Å². The van der Waals surface area contributed by atoms with Crippen molar-refractivity contribution in [3.05, 3.63) is 124 Å². The van der Waals surface area contributed by atoms with E-state index in [0.717, 1.165) is 22.4 Å². The Balaban J connectivity index is 1.52. The van der Waals surface area contributed by atoms with Gasteiger partial charge in [0.05, 0.1) is 25.6 Å². The molecular formula is C31H29ClN8O3. The fourth-order valence-electron chi connectivity index (χ4n) is 5.72. The molecule has 0 saturated carbocycles. The van der Waals surface area contributed by atoms with Crippen LogP contribution in [0.25, 0.3) is 21.6 Å². The molecule has 0 unspecified atom stereocenters. The highest BCUT2D eigenvalue weighted by atomic mass is 35.5. The molecule has 1 saturated heterocycles. The average molecular weight is 597 g/mol. The number of ether oxygens (including phenoxy) is 2. The van der Waals surface area contributed by atoms with E-state index in [4.69, 9.17) is 31.6 Å². The van der Waals surface area contributed by atoms with Crippen LogP contribution in [0.5, 0.6) is 5.75 Å². The summed E-state index contributed by atoms with van der Waals surface area (Å²) in [6.07, 6.45) is -0.430. The van der Waals surface area contributed by atoms with Gasteiger partial charge in [-0.15, -0.1) is 0 Å². The summed E-state index contributed by atoms with van der Waals surface area (Å²) in [5.74, 6) is 0.955. The van der Waals surface area contributed by atoms with Crippen molar-refractivity contribution in [3.63, 3.8) is 0 Å². The molecule has 3 aromatic carbocycles. The molecule has 5 aromatic rings. The number of fused-ring (bicyclic) bond motifs is 1. The standard InChI is InChI=1S/C31H29ClN8O3/c1-3-23-24(38-39-33)26(41)29(43-23)40-18-34-25-27(32)35-30(36-28(25)40)37-31(19-10-6-4-7-11-19,20-12-8-5-9-13-20)21-14-16-22(42-2)17-15-21/h4-18,23-24,26,29,41H,3H2,1-2H3,(H,35,36,37)/t23-,24-,26-,29-/m1/s1. The third kappa shape index (κ3) is 5.02. The van der Waals surface area contributed by atoms with E-state index in [-0.39, 0.29) is 11.1 Å². The number of hydrogen-bond donors (Lipinski definition) is 2. The molecule has 0 aliphatic carbocycles. The van der Waals surface area contributed by atoms with Crippen molar-refractivity contribution in [2.24, 2.45) is 5.11 Å². The smallest absolute Gasteiger partial charge is 0.227 e. The zero-order valence-electron chi connectivity index (χ0n) is 23.4. The van der Waals surface area contributed by atoms with Crippen LogP contribution in [0.4, 0.5) is 5.95 Å². The molecule has 43 heavy (non-hydrogen) atoms. The van der Waals surface area contributed by atoms with Gasteiger partial charge in [-0.25, -0.2) is 4.98 Å². The number of methoxy groups -OCH3 is 1. The summed E-state index contributed by atoms with van der Waals surface area (Å²) in [4.78, 5) is 16.8. The number of halogens is 1. The Bertz CT molecular complexity index is 1720. The van der Waals surface area contributed by atoms with Gasteiger partial charge >= 0.3 is 0 Å². The van der Waals surface area contributed by atoms with Crippen molar-refractivity contribution in [2.45, 2.75) is 43.4 Å². The number of hydrogen-bond acceptors (Lipinski definition) is 8. The number of aliphatic hydroxyl groups is 1. The molecule has 0 radical (unpaired) electrons.